The molecule has 1 heterocycles. The molecule has 0 bridgehead atoms. The molecule has 0 spiro atoms. The maximum absolute atomic E-state index is 11.4. The molecule has 7 nitrogen and oxygen atoms in total. The Morgan fingerprint density at radius 3 is 1.55 bits per heavy atom. The molecule has 0 saturated heterocycles. The summed E-state index contributed by atoms with van der Waals surface area (Å²) in [7, 11) is -9.02. The van der Waals surface area contributed by atoms with Crippen molar-refractivity contribution in [2.75, 3.05) is 0 Å². The van der Waals surface area contributed by atoms with Gasteiger partial charge in [0.15, 0.2) is 0 Å². The van der Waals surface area contributed by atoms with Crippen molar-refractivity contribution in [3.8, 4) is 11.5 Å². The first-order valence-corrected chi connectivity index (χ1v) is 9.44. The van der Waals surface area contributed by atoms with Crippen molar-refractivity contribution in [3.05, 3.63) is 36.4 Å². The predicted molar refractivity (Wildman–Crippen MR) is 76.7 cm³/mol. The lowest BCUT2D eigenvalue weighted by molar-refractivity contribution is 0.438. The zero-order valence-corrected chi connectivity index (χ0v) is 13.1. The SMILES string of the molecule is O=S(=O)(O)c1cccc2c1Sc1c(cccc1S(=O)(=O)O)O2. The summed E-state index contributed by atoms with van der Waals surface area (Å²) in [6.45, 7) is 0. The molecular weight excluding hydrogens is 352 g/mol. The monoisotopic (exact) mass is 360 g/mol. The minimum absolute atomic E-state index is 0.0496. The average molecular weight is 360 g/mol. The second-order valence-corrected chi connectivity index (χ2v) is 8.12. The van der Waals surface area contributed by atoms with Crippen LogP contribution in [0, 0.1) is 0 Å². The van der Waals surface area contributed by atoms with Crippen molar-refractivity contribution in [1.29, 1.82) is 0 Å². The van der Waals surface area contributed by atoms with Gasteiger partial charge in [-0.1, -0.05) is 23.9 Å². The van der Waals surface area contributed by atoms with Gasteiger partial charge in [0, 0.05) is 0 Å². The summed E-state index contributed by atoms with van der Waals surface area (Å²) < 4.78 is 69.7. The molecule has 0 radical (unpaired) electrons. The van der Waals surface area contributed by atoms with Crippen LogP contribution in [0.15, 0.2) is 56.0 Å². The second kappa shape index (κ2) is 4.96. The molecule has 10 heteroatoms. The topological polar surface area (TPSA) is 118 Å². The Labute approximate surface area is 130 Å². The fraction of sp³-hybridized carbons (Fsp3) is 0. The number of rotatable bonds is 2. The van der Waals surface area contributed by atoms with Crippen LogP contribution in [0.4, 0.5) is 0 Å². The van der Waals surface area contributed by atoms with Crippen molar-refractivity contribution in [3.63, 3.8) is 0 Å². The van der Waals surface area contributed by atoms with Gasteiger partial charge in [0.05, 0.1) is 9.79 Å². The fourth-order valence-corrected chi connectivity index (χ4v) is 4.99. The number of ether oxygens (including phenoxy) is 1. The first-order valence-electron chi connectivity index (χ1n) is 5.74. The molecule has 0 atom stereocenters. The summed E-state index contributed by atoms with van der Waals surface area (Å²) in [4.78, 5) is -0.696. The Morgan fingerprint density at radius 1 is 0.773 bits per heavy atom. The molecule has 0 amide bonds. The van der Waals surface area contributed by atoms with E-state index in [1.807, 2.05) is 0 Å². The maximum Gasteiger partial charge on any atom is 0.295 e. The molecule has 2 aromatic rings. The van der Waals surface area contributed by atoms with Crippen molar-refractivity contribution >= 4 is 32.0 Å². The lowest BCUT2D eigenvalue weighted by Crippen LogP contribution is -2.07. The predicted octanol–water partition coefficient (Wildman–Crippen LogP) is 2.44. The molecule has 1 aliphatic rings. The van der Waals surface area contributed by atoms with E-state index < -0.39 is 30.0 Å². The van der Waals surface area contributed by atoms with Gasteiger partial charge in [-0.15, -0.1) is 0 Å². The average Bonchev–Trinajstić information content (AvgIpc) is 2.41. The summed E-state index contributed by atoms with van der Waals surface area (Å²) in [5.41, 5.74) is 0. The van der Waals surface area contributed by atoms with Gasteiger partial charge in [0.25, 0.3) is 20.2 Å². The van der Waals surface area contributed by atoms with Crippen LogP contribution in [0.2, 0.25) is 0 Å². The smallest absolute Gasteiger partial charge is 0.295 e. The van der Waals surface area contributed by atoms with Crippen LogP contribution in [-0.2, 0) is 20.2 Å². The highest BCUT2D eigenvalue weighted by Crippen LogP contribution is 2.51. The lowest BCUT2D eigenvalue weighted by atomic mass is 10.3. The van der Waals surface area contributed by atoms with Crippen LogP contribution >= 0.6 is 11.8 Å². The summed E-state index contributed by atoms with van der Waals surface area (Å²) in [6, 6.07) is 8.09. The minimum atomic E-state index is -4.51. The molecule has 0 aliphatic carbocycles. The number of hydrogen-bond donors (Lipinski definition) is 2. The Kier molecular flexibility index (Phi) is 3.45. The lowest BCUT2D eigenvalue weighted by Gasteiger charge is -2.22. The quantitative estimate of drug-likeness (QED) is 0.669. The van der Waals surface area contributed by atoms with Gasteiger partial charge >= 0.3 is 0 Å². The molecule has 22 heavy (non-hydrogen) atoms. The van der Waals surface area contributed by atoms with E-state index in [2.05, 4.69) is 0 Å². The van der Waals surface area contributed by atoms with Gasteiger partial charge in [-0.3, -0.25) is 9.11 Å². The molecule has 0 fully saturated rings. The normalized spacial score (nSPS) is 13.9. The Bertz CT molecular complexity index is 898. The number of fused-ring (bicyclic) bond motifs is 2. The third kappa shape index (κ3) is 2.59. The van der Waals surface area contributed by atoms with Crippen LogP contribution in [0.5, 0.6) is 11.5 Å². The van der Waals surface area contributed by atoms with Gasteiger partial charge in [-0.2, -0.15) is 16.8 Å². The van der Waals surface area contributed by atoms with Gasteiger partial charge in [-0.25, -0.2) is 0 Å². The first kappa shape index (κ1) is 15.3. The largest absolute Gasteiger partial charge is 0.455 e. The van der Waals surface area contributed by atoms with E-state index in [4.69, 9.17) is 4.74 Å². The summed E-state index contributed by atoms with van der Waals surface area (Å²) in [5.74, 6) is 0.334. The van der Waals surface area contributed by atoms with Gasteiger partial charge in [-0.05, 0) is 24.3 Å². The van der Waals surface area contributed by atoms with Crippen LogP contribution in [0.25, 0.3) is 0 Å². The van der Waals surface area contributed by atoms with E-state index in [0.29, 0.717) is 0 Å². The van der Waals surface area contributed by atoms with E-state index in [9.17, 15) is 25.9 Å². The van der Waals surface area contributed by atoms with E-state index >= 15 is 0 Å². The third-order valence-corrected chi connectivity index (χ3v) is 6.17. The summed E-state index contributed by atoms with van der Waals surface area (Å²) in [6.07, 6.45) is 0. The molecule has 2 aromatic carbocycles. The molecule has 116 valence electrons. The van der Waals surface area contributed by atoms with Crippen LogP contribution in [0.1, 0.15) is 0 Å². The summed E-state index contributed by atoms with van der Waals surface area (Å²) >= 11 is 0.786. The van der Waals surface area contributed by atoms with Crippen LogP contribution < -0.4 is 4.74 Å². The van der Waals surface area contributed by atoms with E-state index in [1.165, 1.54) is 36.4 Å². The third-order valence-electron chi connectivity index (χ3n) is 2.87. The molecule has 0 aromatic heterocycles. The fourth-order valence-electron chi connectivity index (χ4n) is 1.98. The van der Waals surface area contributed by atoms with Gasteiger partial charge in [0.1, 0.15) is 21.3 Å². The van der Waals surface area contributed by atoms with E-state index in [1.54, 1.807) is 0 Å². The van der Waals surface area contributed by atoms with Crippen molar-refractivity contribution in [2.45, 2.75) is 19.6 Å². The zero-order chi connectivity index (χ0) is 16.1. The molecule has 0 saturated carbocycles. The maximum atomic E-state index is 11.4. The Hall–Kier alpha value is -1.59. The highest BCUT2D eigenvalue weighted by Gasteiger charge is 2.29. The minimum Gasteiger partial charge on any atom is -0.455 e. The second-order valence-electron chi connectivity index (χ2n) is 4.32. The molecule has 2 N–H and O–H groups in total. The Balaban J connectivity index is 2.26. The van der Waals surface area contributed by atoms with Crippen molar-refractivity contribution in [1.82, 2.24) is 0 Å². The van der Waals surface area contributed by atoms with Crippen LogP contribution in [0.3, 0.4) is 0 Å². The summed E-state index contributed by atoms with van der Waals surface area (Å²) in [5, 5.41) is 0. The van der Waals surface area contributed by atoms with Gasteiger partial charge in [0.2, 0.25) is 0 Å². The van der Waals surface area contributed by atoms with Crippen molar-refractivity contribution < 1.29 is 30.7 Å². The number of benzene rings is 2. The van der Waals surface area contributed by atoms with Crippen LogP contribution in [-0.4, -0.2) is 25.9 Å². The molecule has 3 rings (SSSR count). The Morgan fingerprint density at radius 2 is 1.18 bits per heavy atom. The zero-order valence-electron chi connectivity index (χ0n) is 10.6. The van der Waals surface area contributed by atoms with E-state index in [-0.39, 0.29) is 21.3 Å². The molecule has 0 unspecified atom stereocenters. The number of hydrogen-bond acceptors (Lipinski definition) is 6. The highest BCUT2D eigenvalue weighted by atomic mass is 32.2. The molecular formula is C12H8O7S3. The standard InChI is InChI=1S/C12H8O7S3/c13-21(14,15)9-5-1-3-7-11(9)20-12-8(19-7)4-2-6-10(12)22(16,17)18/h1-6H,(H,13,14,15)(H,16,17,18). The molecule has 1 aliphatic heterocycles. The first-order chi connectivity index (χ1) is 10.2. The van der Waals surface area contributed by atoms with Gasteiger partial charge < -0.3 is 4.74 Å². The van der Waals surface area contributed by atoms with E-state index in [0.717, 1.165) is 11.8 Å². The highest BCUT2D eigenvalue weighted by molar-refractivity contribution is 8.00. The van der Waals surface area contributed by atoms with Crippen molar-refractivity contribution in [2.24, 2.45) is 0 Å².